The molecular formula is C19H26BNO5. The van der Waals surface area contributed by atoms with Crippen LogP contribution in [0.1, 0.15) is 50.5 Å². The van der Waals surface area contributed by atoms with Gasteiger partial charge in [-0.15, -0.1) is 0 Å². The lowest BCUT2D eigenvalue weighted by atomic mass is 9.76. The van der Waals surface area contributed by atoms with Crippen molar-refractivity contribution in [2.45, 2.75) is 45.8 Å². The number of carbonyl (C=O) groups excluding carboxylic acids is 2. The second-order valence-electron chi connectivity index (χ2n) is 7.33. The topological polar surface area (TPSA) is 73.9 Å². The standard InChI is InChI=1S/C19H26BNO5/c1-13(23)21-11-16(20-25-18(2,3)19(4,5)26-20)9-14-7-8-17(24-6)10-15(14)12-22/h7-10,12H,11H2,1-6H3,(H,21,23). The first-order valence-corrected chi connectivity index (χ1v) is 8.53. The molecule has 6 nitrogen and oxygen atoms in total. The number of hydrogen-bond donors (Lipinski definition) is 1. The number of carbonyl (C=O) groups is 2. The first kappa shape index (κ1) is 20.2. The quantitative estimate of drug-likeness (QED) is 0.624. The molecule has 1 amide bonds. The number of ether oxygens (including phenoxy) is 1. The molecule has 2 rings (SSSR count). The van der Waals surface area contributed by atoms with E-state index in [9.17, 15) is 9.59 Å². The minimum atomic E-state index is -0.617. The Morgan fingerprint density at radius 1 is 1.19 bits per heavy atom. The van der Waals surface area contributed by atoms with Crippen LogP contribution < -0.4 is 10.1 Å². The van der Waals surface area contributed by atoms with E-state index in [1.807, 2.05) is 33.8 Å². The highest BCUT2D eigenvalue weighted by Crippen LogP contribution is 2.38. The number of nitrogens with one attached hydrogen (secondary N) is 1. The van der Waals surface area contributed by atoms with Gasteiger partial charge < -0.3 is 19.4 Å². The highest BCUT2D eigenvalue weighted by Gasteiger charge is 2.52. The van der Waals surface area contributed by atoms with Crippen LogP contribution in [0.15, 0.2) is 23.7 Å². The van der Waals surface area contributed by atoms with Gasteiger partial charge in [0.2, 0.25) is 5.91 Å². The van der Waals surface area contributed by atoms with E-state index in [1.165, 1.54) is 6.92 Å². The summed E-state index contributed by atoms with van der Waals surface area (Å²) >= 11 is 0. The Kier molecular flexibility index (Phi) is 5.93. The highest BCUT2D eigenvalue weighted by molar-refractivity contribution is 6.56. The van der Waals surface area contributed by atoms with Gasteiger partial charge >= 0.3 is 7.12 Å². The molecule has 1 heterocycles. The normalized spacial score (nSPS) is 18.5. The monoisotopic (exact) mass is 359 g/mol. The third kappa shape index (κ3) is 4.34. The smallest absolute Gasteiger partial charge is 0.492 e. The molecule has 26 heavy (non-hydrogen) atoms. The average molecular weight is 359 g/mol. The van der Waals surface area contributed by atoms with Crippen LogP contribution in [-0.2, 0) is 14.1 Å². The third-order valence-electron chi connectivity index (χ3n) is 4.86. The van der Waals surface area contributed by atoms with Crippen molar-refractivity contribution < 1.29 is 23.6 Å². The molecule has 0 aliphatic carbocycles. The summed E-state index contributed by atoms with van der Waals surface area (Å²) in [6, 6.07) is 5.24. The molecular weight excluding hydrogens is 333 g/mol. The second kappa shape index (κ2) is 7.64. The summed E-state index contributed by atoms with van der Waals surface area (Å²) in [5.41, 5.74) is 0.921. The zero-order valence-electron chi connectivity index (χ0n) is 16.2. The first-order chi connectivity index (χ1) is 12.1. The molecule has 0 spiro atoms. The Balaban J connectivity index is 2.41. The molecule has 7 heteroatoms. The van der Waals surface area contributed by atoms with E-state index < -0.39 is 18.3 Å². The van der Waals surface area contributed by atoms with E-state index in [2.05, 4.69) is 5.32 Å². The SMILES string of the molecule is COc1ccc(C=C(CNC(C)=O)B2OC(C)(C)C(C)(C)O2)c(C=O)c1. The molecule has 0 radical (unpaired) electrons. The molecule has 1 aromatic carbocycles. The molecule has 1 aliphatic rings. The van der Waals surface area contributed by atoms with Gasteiger partial charge in [-0.2, -0.15) is 0 Å². The van der Waals surface area contributed by atoms with E-state index in [0.29, 0.717) is 16.9 Å². The van der Waals surface area contributed by atoms with Crippen LogP contribution in [-0.4, -0.2) is 44.2 Å². The lowest BCUT2D eigenvalue weighted by Gasteiger charge is -2.32. The fourth-order valence-electron chi connectivity index (χ4n) is 2.54. The molecule has 0 unspecified atom stereocenters. The minimum absolute atomic E-state index is 0.155. The van der Waals surface area contributed by atoms with E-state index in [-0.39, 0.29) is 12.5 Å². The first-order valence-electron chi connectivity index (χ1n) is 8.53. The van der Waals surface area contributed by atoms with Crippen LogP contribution in [0.5, 0.6) is 5.75 Å². The predicted octanol–water partition coefficient (Wildman–Crippen LogP) is 2.66. The largest absolute Gasteiger partial charge is 0.497 e. The highest BCUT2D eigenvalue weighted by atomic mass is 16.7. The maximum atomic E-state index is 11.5. The van der Waals surface area contributed by atoms with Gasteiger partial charge in [0.1, 0.15) is 5.75 Å². The number of benzene rings is 1. The average Bonchev–Trinajstić information content (AvgIpc) is 2.79. The molecule has 1 fully saturated rings. The minimum Gasteiger partial charge on any atom is -0.497 e. The predicted molar refractivity (Wildman–Crippen MR) is 101 cm³/mol. The van der Waals surface area contributed by atoms with Gasteiger partial charge in [0.25, 0.3) is 0 Å². The van der Waals surface area contributed by atoms with Gasteiger partial charge in [-0.3, -0.25) is 9.59 Å². The Labute approximate surface area is 155 Å². The van der Waals surface area contributed by atoms with Crippen LogP contribution in [0.3, 0.4) is 0 Å². The molecule has 1 aromatic rings. The zero-order valence-corrected chi connectivity index (χ0v) is 16.2. The lowest BCUT2D eigenvalue weighted by molar-refractivity contribution is -0.118. The van der Waals surface area contributed by atoms with E-state index in [0.717, 1.165) is 11.8 Å². The Morgan fingerprint density at radius 2 is 1.81 bits per heavy atom. The molecule has 0 atom stereocenters. The number of methoxy groups -OCH3 is 1. The molecule has 1 N–H and O–H groups in total. The molecule has 0 aromatic heterocycles. The maximum absolute atomic E-state index is 11.5. The Morgan fingerprint density at radius 3 is 2.31 bits per heavy atom. The summed E-state index contributed by atoms with van der Waals surface area (Å²) in [5, 5.41) is 2.78. The van der Waals surface area contributed by atoms with Crippen molar-refractivity contribution in [2.75, 3.05) is 13.7 Å². The van der Waals surface area contributed by atoms with Crippen molar-refractivity contribution in [3.8, 4) is 5.75 Å². The third-order valence-corrected chi connectivity index (χ3v) is 4.86. The van der Waals surface area contributed by atoms with Crippen LogP contribution in [0.4, 0.5) is 0 Å². The van der Waals surface area contributed by atoms with Crippen molar-refractivity contribution in [3.05, 3.63) is 34.8 Å². The summed E-state index contributed by atoms with van der Waals surface area (Å²) in [5.74, 6) is 0.445. The zero-order chi connectivity index (χ0) is 19.5. The fraction of sp³-hybridized carbons (Fsp3) is 0.474. The molecule has 0 saturated carbocycles. The van der Waals surface area contributed by atoms with Crippen molar-refractivity contribution in [1.82, 2.24) is 5.32 Å². The van der Waals surface area contributed by atoms with E-state index in [1.54, 1.807) is 25.3 Å². The Bertz CT molecular complexity index is 711. The van der Waals surface area contributed by atoms with Gasteiger partial charge in [-0.05, 0) is 50.9 Å². The molecule has 140 valence electrons. The van der Waals surface area contributed by atoms with Gasteiger partial charge in [0, 0.05) is 19.0 Å². The van der Waals surface area contributed by atoms with Gasteiger partial charge in [-0.25, -0.2) is 0 Å². The Hall–Kier alpha value is -2.12. The van der Waals surface area contributed by atoms with E-state index in [4.69, 9.17) is 14.0 Å². The number of amides is 1. The van der Waals surface area contributed by atoms with Crippen LogP contribution >= 0.6 is 0 Å². The maximum Gasteiger partial charge on any atom is 0.492 e. The molecule has 1 aliphatic heterocycles. The van der Waals surface area contributed by atoms with Crippen molar-refractivity contribution in [3.63, 3.8) is 0 Å². The molecule has 1 saturated heterocycles. The van der Waals surface area contributed by atoms with Crippen LogP contribution in [0.2, 0.25) is 0 Å². The number of hydrogen-bond acceptors (Lipinski definition) is 5. The fourth-order valence-corrected chi connectivity index (χ4v) is 2.54. The number of aldehydes is 1. The van der Waals surface area contributed by atoms with E-state index >= 15 is 0 Å². The summed E-state index contributed by atoms with van der Waals surface area (Å²) in [4.78, 5) is 22.8. The van der Waals surface area contributed by atoms with Gasteiger partial charge in [0.05, 0.1) is 18.3 Å². The van der Waals surface area contributed by atoms with Crippen molar-refractivity contribution in [2.24, 2.45) is 0 Å². The van der Waals surface area contributed by atoms with Crippen LogP contribution in [0.25, 0.3) is 6.08 Å². The summed E-state index contributed by atoms with van der Waals surface area (Å²) in [6.07, 6.45) is 2.59. The van der Waals surface area contributed by atoms with Gasteiger partial charge in [-0.1, -0.05) is 12.1 Å². The summed E-state index contributed by atoms with van der Waals surface area (Å²) in [6.45, 7) is 9.57. The van der Waals surface area contributed by atoms with Crippen LogP contribution in [0, 0.1) is 0 Å². The second-order valence-corrected chi connectivity index (χ2v) is 7.33. The van der Waals surface area contributed by atoms with Crippen molar-refractivity contribution >= 4 is 25.4 Å². The lowest BCUT2D eigenvalue weighted by Crippen LogP contribution is -2.41. The van der Waals surface area contributed by atoms with Gasteiger partial charge in [0.15, 0.2) is 6.29 Å². The summed E-state index contributed by atoms with van der Waals surface area (Å²) < 4.78 is 17.4. The number of rotatable bonds is 6. The molecule has 0 bridgehead atoms. The van der Waals surface area contributed by atoms with Crippen molar-refractivity contribution in [1.29, 1.82) is 0 Å². The summed E-state index contributed by atoms with van der Waals surface area (Å²) in [7, 11) is 0.930.